The molecule has 110 valence electrons. The summed E-state index contributed by atoms with van der Waals surface area (Å²) in [6.07, 6.45) is 2.53. The van der Waals surface area contributed by atoms with E-state index in [1.807, 2.05) is 29.7 Å². The molecule has 0 radical (unpaired) electrons. The van der Waals surface area contributed by atoms with Gasteiger partial charge in [-0.2, -0.15) is 0 Å². The molecule has 1 aromatic carbocycles. The average molecular weight is 286 g/mol. The van der Waals surface area contributed by atoms with Crippen molar-refractivity contribution in [2.45, 2.75) is 32.5 Å². The van der Waals surface area contributed by atoms with Gasteiger partial charge < -0.3 is 20.5 Å². The van der Waals surface area contributed by atoms with Gasteiger partial charge in [-0.1, -0.05) is 6.07 Å². The lowest BCUT2D eigenvalue weighted by molar-refractivity contribution is 0.282. The van der Waals surface area contributed by atoms with Gasteiger partial charge in [0.15, 0.2) is 0 Å². The van der Waals surface area contributed by atoms with Gasteiger partial charge in [0, 0.05) is 0 Å². The van der Waals surface area contributed by atoms with Crippen molar-refractivity contribution in [3.8, 4) is 0 Å². The second-order valence-electron chi connectivity index (χ2n) is 5.29. The van der Waals surface area contributed by atoms with Crippen LogP contribution in [0.3, 0.4) is 0 Å². The summed E-state index contributed by atoms with van der Waals surface area (Å²) in [6.45, 7) is 2.36. The molecule has 1 unspecified atom stereocenters. The molecule has 0 amide bonds. The molecule has 21 heavy (non-hydrogen) atoms. The lowest BCUT2D eigenvalue weighted by Crippen LogP contribution is -2.20. The topological polar surface area (TPSA) is 96.7 Å². The third-order valence-electron chi connectivity index (χ3n) is 3.66. The summed E-state index contributed by atoms with van der Waals surface area (Å²) in [5, 5.41) is 19.1. The summed E-state index contributed by atoms with van der Waals surface area (Å²) < 4.78 is 1.82. The molecule has 1 atom stereocenters. The number of aliphatic hydroxyl groups is 2. The highest BCUT2D eigenvalue weighted by atomic mass is 16.3. The van der Waals surface area contributed by atoms with Crippen LogP contribution in [0.25, 0.3) is 11.0 Å². The van der Waals surface area contributed by atoms with Crippen LogP contribution in [0.2, 0.25) is 0 Å². The van der Waals surface area contributed by atoms with Crippen LogP contribution in [0.4, 0.5) is 5.95 Å². The van der Waals surface area contributed by atoms with E-state index in [0.29, 0.717) is 18.2 Å². The number of allylic oxidation sites excluding steroid dienone is 1. The van der Waals surface area contributed by atoms with Gasteiger partial charge in [0.1, 0.15) is 5.76 Å². The van der Waals surface area contributed by atoms with E-state index in [9.17, 15) is 10.2 Å². The van der Waals surface area contributed by atoms with Gasteiger partial charge in [-0.05, 0) is 37.1 Å². The molecule has 1 aromatic heterocycles. The highest BCUT2D eigenvalue weighted by molar-refractivity contribution is 5.99. The predicted molar refractivity (Wildman–Crippen MR) is 82.3 cm³/mol. The van der Waals surface area contributed by atoms with Crippen LogP contribution in [0.15, 0.2) is 35.0 Å². The zero-order chi connectivity index (χ0) is 15.0. The lowest BCUT2D eigenvalue weighted by atomic mass is 10.1. The molecule has 2 aromatic rings. The van der Waals surface area contributed by atoms with Crippen molar-refractivity contribution in [3.63, 3.8) is 0 Å². The minimum absolute atomic E-state index is 0.0313. The van der Waals surface area contributed by atoms with Gasteiger partial charge in [0.25, 0.3) is 0 Å². The van der Waals surface area contributed by atoms with Crippen molar-refractivity contribution >= 4 is 22.7 Å². The molecule has 6 heteroatoms. The van der Waals surface area contributed by atoms with Gasteiger partial charge in [-0.25, -0.2) is 4.98 Å². The molecule has 3 rings (SSSR count). The quantitative estimate of drug-likeness (QED) is 0.801. The van der Waals surface area contributed by atoms with E-state index >= 15 is 0 Å². The minimum atomic E-state index is -0.0313. The lowest BCUT2D eigenvalue weighted by Gasteiger charge is -2.16. The number of nitrogens with zero attached hydrogens (tertiary/aromatic N) is 3. The van der Waals surface area contributed by atoms with E-state index in [4.69, 9.17) is 5.73 Å². The van der Waals surface area contributed by atoms with Crippen molar-refractivity contribution in [1.29, 1.82) is 0 Å². The Balaban J connectivity index is 2.01. The van der Waals surface area contributed by atoms with Crippen LogP contribution in [-0.4, -0.2) is 31.5 Å². The summed E-state index contributed by atoms with van der Waals surface area (Å²) in [7, 11) is 0. The summed E-state index contributed by atoms with van der Waals surface area (Å²) in [5.74, 6) is 0.579. The van der Waals surface area contributed by atoms with Crippen LogP contribution in [-0.2, 0) is 13.2 Å². The van der Waals surface area contributed by atoms with E-state index in [-0.39, 0.29) is 18.4 Å². The van der Waals surface area contributed by atoms with Crippen LogP contribution < -0.4 is 5.73 Å². The van der Waals surface area contributed by atoms with Crippen LogP contribution in [0.1, 0.15) is 18.9 Å². The minimum Gasteiger partial charge on any atom is -0.506 e. The summed E-state index contributed by atoms with van der Waals surface area (Å²) in [5.41, 5.74) is 8.97. The van der Waals surface area contributed by atoms with Crippen LogP contribution >= 0.6 is 0 Å². The van der Waals surface area contributed by atoms with E-state index in [0.717, 1.165) is 23.0 Å². The Hall–Kier alpha value is -2.34. The van der Waals surface area contributed by atoms with Gasteiger partial charge in [-0.3, -0.25) is 4.99 Å². The number of fused-ring (bicyclic) bond motifs is 1. The predicted octanol–water partition coefficient (Wildman–Crippen LogP) is 1.79. The molecule has 0 saturated heterocycles. The second kappa shape index (κ2) is 5.21. The number of nitrogens with two attached hydrogens (primary N) is 1. The molecule has 0 bridgehead atoms. The van der Waals surface area contributed by atoms with E-state index < -0.39 is 0 Å². The average Bonchev–Trinajstić information content (AvgIpc) is 2.78. The molecule has 2 heterocycles. The van der Waals surface area contributed by atoms with Crippen molar-refractivity contribution in [2.75, 3.05) is 5.73 Å². The molecule has 6 nitrogen and oxygen atoms in total. The Labute approximate surface area is 122 Å². The van der Waals surface area contributed by atoms with Crippen LogP contribution in [0, 0.1) is 0 Å². The molecule has 1 aliphatic rings. The Kier molecular flexibility index (Phi) is 3.39. The van der Waals surface area contributed by atoms with Gasteiger partial charge in [0.2, 0.25) is 5.95 Å². The Morgan fingerprint density at radius 3 is 3.00 bits per heavy atom. The van der Waals surface area contributed by atoms with Crippen LogP contribution in [0.5, 0.6) is 0 Å². The first kappa shape index (κ1) is 13.6. The number of aromatic nitrogens is 2. The first-order valence-corrected chi connectivity index (χ1v) is 6.90. The maximum atomic E-state index is 9.95. The van der Waals surface area contributed by atoms with E-state index in [1.54, 1.807) is 6.08 Å². The number of nitrogen functional groups attached to an aromatic ring is 1. The second-order valence-corrected chi connectivity index (χ2v) is 5.29. The first-order valence-electron chi connectivity index (χ1n) is 6.90. The van der Waals surface area contributed by atoms with Crippen molar-refractivity contribution in [3.05, 3.63) is 35.6 Å². The summed E-state index contributed by atoms with van der Waals surface area (Å²) in [6, 6.07) is 5.68. The number of imidazole rings is 1. The first-order chi connectivity index (χ1) is 10.1. The maximum absolute atomic E-state index is 9.95. The molecule has 0 saturated carbocycles. The number of hydrogen-bond acceptors (Lipinski definition) is 5. The molecule has 4 N–H and O–H groups in total. The number of anilines is 1. The number of benzene rings is 1. The van der Waals surface area contributed by atoms with Gasteiger partial charge in [0.05, 0.1) is 35.9 Å². The Morgan fingerprint density at radius 1 is 1.43 bits per heavy atom. The largest absolute Gasteiger partial charge is 0.506 e. The third kappa shape index (κ3) is 2.50. The SMILES string of the molecule is CC1CC=C(O)C(Cn2c(N)nc3cc(CO)ccc32)=N1. The monoisotopic (exact) mass is 286 g/mol. The maximum Gasteiger partial charge on any atom is 0.201 e. The summed E-state index contributed by atoms with van der Waals surface area (Å²) >= 11 is 0. The smallest absolute Gasteiger partial charge is 0.201 e. The van der Waals surface area contributed by atoms with Crippen molar-refractivity contribution in [1.82, 2.24) is 9.55 Å². The van der Waals surface area contributed by atoms with E-state index in [1.165, 1.54) is 0 Å². The number of aliphatic hydroxyl groups excluding tert-OH is 2. The normalized spacial score (nSPS) is 18.7. The standard InChI is InChI=1S/C15H18N4O2/c1-9-2-5-14(21)12(17-9)7-19-13-4-3-10(8-20)6-11(13)18-15(19)16/h3-6,9,20-21H,2,7-8H2,1H3,(H2,16,18). The Morgan fingerprint density at radius 2 is 2.24 bits per heavy atom. The number of dihydropyridines is 1. The number of aliphatic imine (C=N–C) groups is 1. The molecule has 0 fully saturated rings. The molecule has 0 spiro atoms. The van der Waals surface area contributed by atoms with Crippen molar-refractivity contribution in [2.24, 2.45) is 4.99 Å². The highest BCUT2D eigenvalue weighted by Gasteiger charge is 2.17. The molecule has 1 aliphatic heterocycles. The third-order valence-corrected chi connectivity index (χ3v) is 3.66. The van der Waals surface area contributed by atoms with E-state index in [2.05, 4.69) is 9.98 Å². The molecule has 0 aliphatic carbocycles. The van der Waals surface area contributed by atoms with Gasteiger partial charge in [-0.15, -0.1) is 0 Å². The van der Waals surface area contributed by atoms with Crippen molar-refractivity contribution < 1.29 is 10.2 Å². The highest BCUT2D eigenvalue weighted by Crippen LogP contribution is 2.21. The fraction of sp³-hybridized carbons (Fsp3) is 0.333. The zero-order valence-electron chi connectivity index (χ0n) is 11.8. The Bertz CT molecular complexity index is 745. The summed E-state index contributed by atoms with van der Waals surface area (Å²) in [4.78, 5) is 8.78. The zero-order valence-corrected chi connectivity index (χ0v) is 11.8. The molecular weight excluding hydrogens is 268 g/mol. The number of hydrogen-bond donors (Lipinski definition) is 3. The fourth-order valence-electron chi connectivity index (χ4n) is 2.51. The number of rotatable bonds is 3. The fourth-order valence-corrected chi connectivity index (χ4v) is 2.51. The molecular formula is C15H18N4O2. The van der Waals surface area contributed by atoms with Gasteiger partial charge >= 0.3 is 0 Å².